The lowest BCUT2D eigenvalue weighted by Crippen LogP contribution is -2.52. The standard InChI is InChI=1S/C27H27O3P/c1-25(2,3)24-26(19-13-7-5-8-14-19)23(28)21-17-11-12-18-22(21)27(30-26,31(24)29-4)20-15-9-6-10-16-20/h5-18,24H,1-4H3/t24-,26-,27-,31?/m0/s1. The summed E-state index contributed by atoms with van der Waals surface area (Å²) in [7, 11) is 0.545. The maximum absolute atomic E-state index is 14.3. The first kappa shape index (κ1) is 20.6. The zero-order chi connectivity index (χ0) is 21.9. The molecule has 5 rings (SSSR count). The molecule has 0 saturated carbocycles. The molecule has 4 heteroatoms. The van der Waals surface area contributed by atoms with Crippen molar-refractivity contribution >= 4 is 13.9 Å². The molecule has 3 nitrogen and oxygen atoms in total. The quantitative estimate of drug-likeness (QED) is 0.447. The number of Topliss-reactive ketones (excluding diaryl/α,β-unsaturated/α-hetero) is 1. The normalized spacial score (nSPS) is 29.6. The molecule has 0 amide bonds. The van der Waals surface area contributed by atoms with Crippen LogP contribution in [0.5, 0.6) is 0 Å². The molecule has 1 saturated heterocycles. The van der Waals surface area contributed by atoms with Gasteiger partial charge in [0.1, 0.15) is 0 Å². The minimum absolute atomic E-state index is 0.0304. The van der Waals surface area contributed by atoms with Gasteiger partial charge >= 0.3 is 0 Å². The summed E-state index contributed by atoms with van der Waals surface area (Å²) in [4.78, 5) is 14.3. The van der Waals surface area contributed by atoms with Crippen LogP contribution < -0.4 is 0 Å². The van der Waals surface area contributed by atoms with Crippen LogP contribution in [-0.4, -0.2) is 18.6 Å². The maximum Gasteiger partial charge on any atom is 0.200 e. The Morgan fingerprint density at radius 3 is 1.97 bits per heavy atom. The van der Waals surface area contributed by atoms with Gasteiger partial charge in [0.05, 0.1) is 13.8 Å². The molecule has 3 aromatic carbocycles. The molecule has 4 atom stereocenters. The predicted octanol–water partition coefficient (Wildman–Crippen LogP) is 6.47. The highest BCUT2D eigenvalue weighted by Crippen LogP contribution is 2.79. The van der Waals surface area contributed by atoms with E-state index in [0.717, 1.165) is 22.3 Å². The first-order valence-electron chi connectivity index (χ1n) is 10.7. The maximum atomic E-state index is 14.3. The van der Waals surface area contributed by atoms with Gasteiger partial charge in [0, 0.05) is 18.2 Å². The monoisotopic (exact) mass is 430 g/mol. The molecule has 3 aromatic rings. The fourth-order valence-electron chi connectivity index (χ4n) is 5.44. The molecule has 2 aliphatic heterocycles. The third-order valence-corrected chi connectivity index (χ3v) is 9.71. The molecule has 2 bridgehead atoms. The summed E-state index contributed by atoms with van der Waals surface area (Å²) in [6, 6.07) is 28.2. The topological polar surface area (TPSA) is 35.5 Å². The Hall–Kier alpha value is -2.32. The molecule has 1 unspecified atom stereocenters. The SMILES string of the molecule is COP1[C@@H](C(C)(C)C)[C@@]2(c3ccccc3)O[C@]1(c1ccccc1)c1ccccc1C2=O. The zero-order valence-electron chi connectivity index (χ0n) is 18.3. The van der Waals surface area contributed by atoms with Gasteiger partial charge in [-0.2, -0.15) is 0 Å². The van der Waals surface area contributed by atoms with E-state index in [4.69, 9.17) is 9.26 Å². The van der Waals surface area contributed by atoms with Gasteiger partial charge in [-0.3, -0.25) is 4.79 Å². The highest BCUT2D eigenvalue weighted by molar-refractivity contribution is 7.55. The van der Waals surface area contributed by atoms with E-state index in [0.29, 0.717) is 0 Å². The third-order valence-electron chi connectivity index (χ3n) is 6.50. The summed E-state index contributed by atoms with van der Waals surface area (Å²) >= 11 is 0. The van der Waals surface area contributed by atoms with E-state index in [-0.39, 0.29) is 16.9 Å². The second-order valence-corrected chi connectivity index (χ2v) is 11.5. The molecule has 158 valence electrons. The average Bonchev–Trinajstić information content (AvgIpc) is 3.09. The smallest absolute Gasteiger partial charge is 0.200 e. The molecule has 0 aliphatic carbocycles. The first-order chi connectivity index (χ1) is 14.9. The number of hydrogen-bond donors (Lipinski definition) is 0. The second kappa shape index (κ2) is 7.10. The van der Waals surface area contributed by atoms with Crippen LogP contribution in [0, 0.1) is 5.41 Å². The van der Waals surface area contributed by atoms with Crippen LogP contribution >= 0.6 is 8.15 Å². The molecule has 0 N–H and O–H groups in total. The van der Waals surface area contributed by atoms with Crippen molar-refractivity contribution in [2.75, 3.05) is 7.11 Å². The van der Waals surface area contributed by atoms with Crippen LogP contribution in [0.4, 0.5) is 0 Å². The van der Waals surface area contributed by atoms with E-state index in [2.05, 4.69) is 32.9 Å². The number of rotatable bonds is 3. The predicted molar refractivity (Wildman–Crippen MR) is 124 cm³/mol. The van der Waals surface area contributed by atoms with Crippen LogP contribution in [0.2, 0.25) is 0 Å². The van der Waals surface area contributed by atoms with Gasteiger partial charge in [0.25, 0.3) is 0 Å². The van der Waals surface area contributed by atoms with Crippen molar-refractivity contribution in [3.05, 3.63) is 107 Å². The van der Waals surface area contributed by atoms with Gasteiger partial charge in [0.2, 0.25) is 0 Å². The molecular formula is C27H27O3P. The summed E-state index contributed by atoms with van der Waals surface area (Å²) in [6.45, 7) is 6.58. The van der Waals surface area contributed by atoms with Crippen LogP contribution in [-0.2, 0) is 20.2 Å². The average molecular weight is 430 g/mol. The van der Waals surface area contributed by atoms with Crippen molar-refractivity contribution < 1.29 is 14.1 Å². The second-order valence-electron chi connectivity index (χ2n) is 9.37. The Balaban J connectivity index is 1.94. The van der Waals surface area contributed by atoms with E-state index in [1.165, 1.54) is 0 Å². The summed E-state index contributed by atoms with van der Waals surface area (Å²) < 4.78 is 13.5. The Morgan fingerprint density at radius 1 is 0.839 bits per heavy atom. The number of ketones is 1. The van der Waals surface area contributed by atoms with Crippen molar-refractivity contribution in [2.24, 2.45) is 5.41 Å². The third kappa shape index (κ3) is 2.67. The van der Waals surface area contributed by atoms with E-state index >= 15 is 0 Å². The minimum atomic E-state index is -1.22. The molecular weight excluding hydrogens is 403 g/mol. The van der Waals surface area contributed by atoms with Crippen molar-refractivity contribution in [1.29, 1.82) is 0 Å². The Bertz CT molecular complexity index is 1120. The lowest BCUT2D eigenvalue weighted by Gasteiger charge is -2.43. The number of benzene rings is 3. The van der Waals surface area contributed by atoms with E-state index < -0.39 is 19.1 Å². The number of carbonyl (C=O) groups excluding carboxylic acids is 1. The number of hydrogen-bond acceptors (Lipinski definition) is 3. The van der Waals surface area contributed by atoms with Crippen molar-refractivity contribution in [2.45, 2.75) is 37.4 Å². The van der Waals surface area contributed by atoms with Gasteiger partial charge in [-0.1, -0.05) is 106 Å². The first-order valence-corrected chi connectivity index (χ1v) is 12.0. The largest absolute Gasteiger partial charge is 0.358 e. The fourth-order valence-corrected chi connectivity index (χ4v) is 8.69. The van der Waals surface area contributed by atoms with Crippen LogP contribution in [0.15, 0.2) is 84.9 Å². The Morgan fingerprint density at radius 2 is 1.39 bits per heavy atom. The zero-order valence-corrected chi connectivity index (χ0v) is 19.2. The van der Waals surface area contributed by atoms with Crippen molar-refractivity contribution in [1.82, 2.24) is 0 Å². The molecule has 0 spiro atoms. The van der Waals surface area contributed by atoms with Crippen molar-refractivity contribution in [3.8, 4) is 0 Å². The lowest BCUT2D eigenvalue weighted by molar-refractivity contribution is -0.0803. The van der Waals surface area contributed by atoms with E-state index in [1.807, 2.05) is 72.8 Å². The van der Waals surface area contributed by atoms with Gasteiger partial charge in [0.15, 0.2) is 16.7 Å². The molecule has 31 heavy (non-hydrogen) atoms. The summed E-state index contributed by atoms with van der Waals surface area (Å²) in [5.41, 5.74) is 2.11. The molecule has 1 fully saturated rings. The molecule has 0 aromatic heterocycles. The fraction of sp³-hybridized carbons (Fsp3) is 0.296. The minimum Gasteiger partial charge on any atom is -0.358 e. The summed E-state index contributed by atoms with van der Waals surface area (Å²) in [5, 5.41) is -0.816. The van der Waals surface area contributed by atoms with E-state index in [1.54, 1.807) is 7.11 Å². The van der Waals surface area contributed by atoms with Gasteiger partial charge in [-0.05, 0) is 16.5 Å². The van der Waals surface area contributed by atoms with Crippen molar-refractivity contribution in [3.63, 3.8) is 0 Å². The van der Waals surface area contributed by atoms with E-state index in [9.17, 15) is 4.79 Å². The molecule has 2 heterocycles. The highest BCUT2D eigenvalue weighted by Gasteiger charge is 2.73. The Labute approximate surface area is 185 Å². The van der Waals surface area contributed by atoms with Crippen LogP contribution in [0.3, 0.4) is 0 Å². The Kier molecular flexibility index (Phi) is 4.71. The van der Waals surface area contributed by atoms with Gasteiger partial charge in [-0.25, -0.2) is 0 Å². The number of fused-ring (bicyclic) bond motifs is 4. The highest BCUT2D eigenvalue weighted by atomic mass is 31.1. The number of carbonyl (C=O) groups is 1. The van der Waals surface area contributed by atoms with Gasteiger partial charge < -0.3 is 9.26 Å². The molecule has 0 radical (unpaired) electrons. The summed E-state index contributed by atoms with van der Waals surface area (Å²) in [5.74, 6) is 0.0304. The number of ether oxygens (including phenoxy) is 1. The summed E-state index contributed by atoms with van der Waals surface area (Å²) in [6.07, 6.45) is 0. The van der Waals surface area contributed by atoms with Crippen LogP contribution in [0.25, 0.3) is 0 Å². The van der Waals surface area contributed by atoms with Crippen LogP contribution in [0.1, 0.15) is 47.8 Å². The van der Waals surface area contributed by atoms with Gasteiger partial charge in [-0.15, -0.1) is 0 Å². The molecule has 2 aliphatic rings. The lowest BCUT2D eigenvalue weighted by atomic mass is 9.71.